The molecule has 18 nitrogen and oxygen atoms in total. The molecule has 0 aliphatic carbocycles. The Kier molecular flexibility index (Phi) is 13.5. The first-order chi connectivity index (χ1) is 32.6. The highest BCUT2D eigenvalue weighted by Gasteiger charge is 2.45. The van der Waals surface area contributed by atoms with E-state index < -0.39 is 29.7 Å². The van der Waals surface area contributed by atoms with Crippen molar-refractivity contribution in [3.63, 3.8) is 0 Å². The van der Waals surface area contributed by atoms with E-state index in [-0.39, 0.29) is 41.8 Å². The lowest BCUT2D eigenvalue weighted by molar-refractivity contribution is -0.136. The minimum atomic E-state index is -1.02. The summed E-state index contributed by atoms with van der Waals surface area (Å²) in [6, 6.07) is 21.2. The number of aromatic nitrogens is 4. The number of hydrogen-bond acceptors (Lipinski definition) is 13. The Morgan fingerprint density at radius 3 is 2.33 bits per heavy atom. The topological polar surface area (TPSA) is 218 Å². The number of rotatable bonds is 16. The number of piperidine rings is 2. The van der Waals surface area contributed by atoms with Crippen molar-refractivity contribution in [3.8, 4) is 22.8 Å². The minimum Gasteiger partial charge on any atom is -0.457 e. The van der Waals surface area contributed by atoms with E-state index in [4.69, 9.17) is 15.6 Å². The third kappa shape index (κ3) is 9.84. The number of nitrogens with zero attached hydrogens (tertiary/aromatic N) is 8. The fourth-order valence-electron chi connectivity index (χ4n) is 9.59. The van der Waals surface area contributed by atoms with E-state index in [0.29, 0.717) is 79.5 Å². The molecule has 0 spiro atoms. The van der Waals surface area contributed by atoms with E-state index in [1.165, 1.54) is 6.33 Å². The van der Waals surface area contributed by atoms with Gasteiger partial charge in [-0.1, -0.05) is 30.7 Å². The smallest absolute Gasteiger partial charge is 0.264 e. The Balaban J connectivity index is 0.686. The van der Waals surface area contributed by atoms with Crippen LogP contribution >= 0.6 is 0 Å². The van der Waals surface area contributed by atoms with Crippen LogP contribution in [0.25, 0.3) is 22.3 Å². The number of hydrogen-bond donors (Lipinski definition) is 3. The zero-order valence-corrected chi connectivity index (χ0v) is 37.4. The predicted octanol–water partition coefficient (Wildman–Crippen LogP) is 5.03. The van der Waals surface area contributed by atoms with Crippen molar-refractivity contribution in [1.82, 2.24) is 44.7 Å². The molecule has 3 fully saturated rings. The molecule has 2 unspecified atom stereocenters. The molecule has 3 saturated heterocycles. The number of unbranched alkanes of at least 4 members (excludes halogenated alkanes) is 2. The summed E-state index contributed by atoms with van der Waals surface area (Å²) in [5, 5.41) is 11.2. The number of para-hydroxylation sites is 1. The number of amides is 6. The fraction of sp³-hybridized carbons (Fsp3) is 0.408. The van der Waals surface area contributed by atoms with Gasteiger partial charge in [-0.3, -0.25) is 43.9 Å². The largest absolute Gasteiger partial charge is 0.457 e. The average Bonchev–Trinajstić information content (AvgIpc) is 3.86. The van der Waals surface area contributed by atoms with Gasteiger partial charge in [0, 0.05) is 76.3 Å². The molecule has 2 aromatic heterocycles. The van der Waals surface area contributed by atoms with Gasteiger partial charge in [-0.15, -0.1) is 0 Å². The molecule has 3 aromatic carbocycles. The van der Waals surface area contributed by atoms with Crippen LogP contribution in [-0.2, 0) is 19.2 Å². The molecule has 4 aliphatic rings. The molecule has 2 atom stereocenters. The first-order valence-corrected chi connectivity index (χ1v) is 23.3. The van der Waals surface area contributed by atoms with Gasteiger partial charge in [0.15, 0.2) is 5.65 Å². The van der Waals surface area contributed by atoms with Crippen molar-refractivity contribution in [2.75, 3.05) is 63.4 Å². The van der Waals surface area contributed by atoms with E-state index in [9.17, 15) is 28.8 Å². The lowest BCUT2D eigenvalue weighted by Crippen LogP contribution is -2.54. The van der Waals surface area contributed by atoms with Crippen LogP contribution in [0.5, 0.6) is 11.5 Å². The number of imide groups is 2. The Hall–Kier alpha value is -7.21. The zero-order chi connectivity index (χ0) is 46.4. The average molecular weight is 910 g/mol. The number of fused-ring (bicyclic) bond motifs is 2. The van der Waals surface area contributed by atoms with Crippen molar-refractivity contribution < 1.29 is 33.5 Å². The summed E-state index contributed by atoms with van der Waals surface area (Å²) in [5.41, 5.74) is 9.61. The number of nitrogens with one attached hydrogen (secondary N) is 2. The third-order valence-electron chi connectivity index (χ3n) is 13.2. The van der Waals surface area contributed by atoms with Gasteiger partial charge in [-0.05, 0) is 93.6 Å². The van der Waals surface area contributed by atoms with Crippen LogP contribution < -0.4 is 21.1 Å². The summed E-state index contributed by atoms with van der Waals surface area (Å²) in [4.78, 5) is 93.3. The maximum atomic E-state index is 13.6. The molecule has 0 radical (unpaired) electrons. The number of nitrogens with two attached hydrogens (primary N) is 1. The van der Waals surface area contributed by atoms with Gasteiger partial charge in [0.1, 0.15) is 35.4 Å². The van der Waals surface area contributed by atoms with Crippen LogP contribution in [0.15, 0.2) is 79.1 Å². The fourth-order valence-corrected chi connectivity index (χ4v) is 9.59. The molecule has 4 aliphatic heterocycles. The zero-order valence-electron chi connectivity index (χ0n) is 37.4. The second-order valence-electron chi connectivity index (χ2n) is 17.6. The van der Waals surface area contributed by atoms with Crippen LogP contribution in [0.1, 0.15) is 91.0 Å². The molecule has 6 amide bonds. The summed E-state index contributed by atoms with van der Waals surface area (Å²) >= 11 is 0. The summed E-state index contributed by atoms with van der Waals surface area (Å²) in [5.74, 6) is -0.0737. The van der Waals surface area contributed by atoms with Crippen LogP contribution in [-0.4, -0.2) is 133 Å². The number of carbonyl (C=O) groups is 6. The maximum Gasteiger partial charge on any atom is 0.264 e. The summed E-state index contributed by atoms with van der Waals surface area (Å²) in [6.45, 7) is 5.40. The maximum absolute atomic E-state index is 13.6. The van der Waals surface area contributed by atoms with Gasteiger partial charge in [-0.25, -0.2) is 14.6 Å². The monoisotopic (exact) mass is 909 g/mol. The van der Waals surface area contributed by atoms with E-state index in [0.717, 1.165) is 74.4 Å². The van der Waals surface area contributed by atoms with Crippen LogP contribution in [0, 0.1) is 0 Å². The first-order valence-electron chi connectivity index (χ1n) is 23.3. The normalized spacial score (nSPS) is 18.9. The van der Waals surface area contributed by atoms with Crippen molar-refractivity contribution in [3.05, 3.63) is 90.3 Å². The van der Waals surface area contributed by atoms with Crippen molar-refractivity contribution in [2.45, 2.75) is 76.3 Å². The molecular weight excluding hydrogens is 855 g/mol. The SMILES string of the molecule is Nc1ncnc2c1c(-c1ccc(Oc3ccccc3)cc1)nn2C1CCCN(C(=O)CCCN2CCN(C(=O)CCCCCNc3cccc4c3C(=O)N(C3CCC(=O)NC3=O)C4=O)CC2)C1. The third-order valence-corrected chi connectivity index (χ3v) is 13.2. The molecular formula is C49H55N11O7. The van der Waals surface area contributed by atoms with Gasteiger partial charge in [0.05, 0.1) is 22.6 Å². The first kappa shape index (κ1) is 45.0. The van der Waals surface area contributed by atoms with E-state index in [2.05, 4.69) is 25.5 Å². The van der Waals surface area contributed by atoms with E-state index >= 15 is 0 Å². The second-order valence-corrected chi connectivity index (χ2v) is 17.6. The lowest BCUT2D eigenvalue weighted by Gasteiger charge is -2.35. The van der Waals surface area contributed by atoms with Crippen molar-refractivity contribution in [2.24, 2.45) is 0 Å². The summed E-state index contributed by atoms with van der Waals surface area (Å²) < 4.78 is 7.91. The Morgan fingerprint density at radius 2 is 1.54 bits per heavy atom. The van der Waals surface area contributed by atoms with Crippen molar-refractivity contribution >= 4 is 58.0 Å². The van der Waals surface area contributed by atoms with Gasteiger partial charge < -0.3 is 25.6 Å². The Bertz CT molecular complexity index is 2660. The van der Waals surface area contributed by atoms with E-state index in [1.54, 1.807) is 18.2 Å². The molecule has 4 N–H and O–H groups in total. The lowest BCUT2D eigenvalue weighted by atomic mass is 10.0. The number of benzene rings is 3. The molecule has 0 bridgehead atoms. The number of nitrogen functional groups attached to an aromatic ring is 1. The Morgan fingerprint density at radius 1 is 0.776 bits per heavy atom. The highest BCUT2D eigenvalue weighted by atomic mass is 16.5. The highest BCUT2D eigenvalue weighted by Crippen LogP contribution is 2.36. The second kappa shape index (κ2) is 20.1. The molecule has 18 heteroatoms. The van der Waals surface area contributed by atoms with Crippen LogP contribution in [0.4, 0.5) is 11.5 Å². The number of anilines is 2. The number of piperazine rings is 1. The number of carbonyl (C=O) groups excluding carboxylic acids is 6. The van der Waals surface area contributed by atoms with Crippen LogP contribution in [0.2, 0.25) is 0 Å². The molecule has 9 rings (SSSR count). The van der Waals surface area contributed by atoms with Gasteiger partial charge in [-0.2, -0.15) is 5.10 Å². The Labute approximate surface area is 387 Å². The predicted molar refractivity (Wildman–Crippen MR) is 249 cm³/mol. The molecule has 348 valence electrons. The van der Waals surface area contributed by atoms with Crippen LogP contribution in [0.3, 0.4) is 0 Å². The standard InChI is InChI=1S/C49H55N11O7/c50-45-43-44(32-17-19-35(20-18-32)67-34-11-3-1-4-12-34)55-60(46(43)53-31-52-45)33-10-8-25-58(30-33)41(63)16-9-24-56-26-28-57(29-27-56)40(62)15-5-2-6-23-51-37-14-7-13-36-42(37)49(66)59(48(36)65)38-21-22-39(61)54-47(38)64/h1,3-4,7,11-14,17-20,31,33,38,51H,2,5-6,8-10,15-16,21-30H2,(H2,50,52,53)(H,54,61,64). The molecule has 67 heavy (non-hydrogen) atoms. The molecule has 5 aromatic rings. The van der Waals surface area contributed by atoms with Gasteiger partial charge in [0.2, 0.25) is 23.6 Å². The number of ether oxygens (including phenoxy) is 1. The highest BCUT2D eigenvalue weighted by molar-refractivity contribution is 6.25. The summed E-state index contributed by atoms with van der Waals surface area (Å²) in [6.07, 6.45) is 7.24. The number of likely N-dealkylation sites (tertiary alicyclic amines) is 1. The summed E-state index contributed by atoms with van der Waals surface area (Å²) in [7, 11) is 0. The van der Waals surface area contributed by atoms with E-state index in [1.807, 2.05) is 69.1 Å². The molecule has 6 heterocycles. The van der Waals surface area contributed by atoms with Gasteiger partial charge >= 0.3 is 0 Å². The van der Waals surface area contributed by atoms with Crippen molar-refractivity contribution in [1.29, 1.82) is 0 Å². The quantitative estimate of drug-likeness (QED) is 0.0876. The van der Waals surface area contributed by atoms with Gasteiger partial charge in [0.25, 0.3) is 11.8 Å². The molecule has 0 saturated carbocycles. The minimum absolute atomic E-state index is 0.0624.